The predicted molar refractivity (Wildman–Crippen MR) is 96.1 cm³/mol. The fraction of sp³-hybridized carbons (Fsp3) is 0.222. The zero-order valence-electron chi connectivity index (χ0n) is 14.4. The van der Waals surface area contributed by atoms with Gasteiger partial charge in [-0.05, 0) is 48.9 Å². The number of ether oxygens (including phenoxy) is 1. The van der Waals surface area contributed by atoms with Gasteiger partial charge in [0.25, 0.3) is 5.91 Å². The summed E-state index contributed by atoms with van der Waals surface area (Å²) in [5.74, 6) is -0.875. The first kappa shape index (κ1) is 20.6. The molecule has 0 atom stereocenters. The van der Waals surface area contributed by atoms with Crippen LogP contribution in [0.3, 0.4) is 0 Å². The highest BCUT2D eigenvalue weighted by Gasteiger charge is 2.34. The molecular formula is C18H16ClF3N2O3. The van der Waals surface area contributed by atoms with Crippen LogP contribution in [0, 0.1) is 6.92 Å². The smallest absolute Gasteiger partial charge is 0.418 e. The molecule has 27 heavy (non-hydrogen) atoms. The minimum atomic E-state index is -4.72. The van der Waals surface area contributed by atoms with E-state index in [1.807, 2.05) is 0 Å². The number of benzene rings is 2. The Kier molecular flexibility index (Phi) is 6.32. The molecule has 2 aromatic rings. The number of anilines is 2. The van der Waals surface area contributed by atoms with Gasteiger partial charge in [-0.25, -0.2) is 0 Å². The molecule has 0 saturated carbocycles. The summed E-state index contributed by atoms with van der Waals surface area (Å²) in [5, 5.41) is 4.94. The summed E-state index contributed by atoms with van der Waals surface area (Å²) in [6.07, 6.45) is -4.72. The van der Waals surface area contributed by atoms with Gasteiger partial charge in [-0.1, -0.05) is 11.6 Å². The van der Waals surface area contributed by atoms with Crippen molar-refractivity contribution in [1.29, 1.82) is 0 Å². The molecule has 0 radical (unpaired) electrons. The van der Waals surface area contributed by atoms with Crippen molar-refractivity contribution in [2.45, 2.75) is 20.0 Å². The van der Waals surface area contributed by atoms with E-state index >= 15 is 0 Å². The highest BCUT2D eigenvalue weighted by Crippen LogP contribution is 2.36. The van der Waals surface area contributed by atoms with Crippen LogP contribution in [0.1, 0.15) is 18.1 Å². The quantitative estimate of drug-likeness (QED) is 0.768. The zero-order valence-corrected chi connectivity index (χ0v) is 15.2. The van der Waals surface area contributed by atoms with Crippen molar-refractivity contribution in [3.8, 4) is 5.75 Å². The van der Waals surface area contributed by atoms with Crippen LogP contribution >= 0.6 is 11.6 Å². The molecular weight excluding hydrogens is 385 g/mol. The van der Waals surface area contributed by atoms with Gasteiger partial charge < -0.3 is 15.4 Å². The van der Waals surface area contributed by atoms with Crippen LogP contribution in [0.4, 0.5) is 24.5 Å². The lowest BCUT2D eigenvalue weighted by Crippen LogP contribution is -2.22. The number of halogens is 4. The molecule has 9 heteroatoms. The maximum Gasteiger partial charge on any atom is 0.418 e. The van der Waals surface area contributed by atoms with Gasteiger partial charge in [-0.15, -0.1) is 0 Å². The van der Waals surface area contributed by atoms with Gasteiger partial charge in [-0.2, -0.15) is 13.2 Å². The number of carbonyl (C=O) groups excluding carboxylic acids is 2. The van der Waals surface area contributed by atoms with E-state index in [0.29, 0.717) is 16.3 Å². The largest absolute Gasteiger partial charge is 0.483 e. The fourth-order valence-corrected chi connectivity index (χ4v) is 2.50. The Morgan fingerprint density at radius 1 is 1.11 bits per heavy atom. The van der Waals surface area contributed by atoms with E-state index in [1.165, 1.54) is 13.0 Å². The lowest BCUT2D eigenvalue weighted by Gasteiger charge is -2.16. The normalized spacial score (nSPS) is 11.0. The van der Waals surface area contributed by atoms with Crippen molar-refractivity contribution < 1.29 is 27.5 Å². The van der Waals surface area contributed by atoms with Gasteiger partial charge in [-0.3, -0.25) is 9.59 Å². The van der Waals surface area contributed by atoms with E-state index in [1.54, 1.807) is 25.1 Å². The Hall–Kier alpha value is -2.74. The SMILES string of the molecule is CC(=O)Nc1ccc(NC(=O)COc2ccc(Cl)cc2C)c(C(F)(F)F)c1. The van der Waals surface area contributed by atoms with E-state index in [9.17, 15) is 22.8 Å². The van der Waals surface area contributed by atoms with Crippen LogP contribution in [0.25, 0.3) is 0 Å². The lowest BCUT2D eigenvalue weighted by atomic mass is 10.1. The van der Waals surface area contributed by atoms with E-state index in [4.69, 9.17) is 16.3 Å². The van der Waals surface area contributed by atoms with Crippen molar-refractivity contribution in [2.75, 3.05) is 17.2 Å². The second-order valence-corrected chi connectivity index (χ2v) is 6.12. The van der Waals surface area contributed by atoms with Gasteiger partial charge in [0.15, 0.2) is 6.61 Å². The second kappa shape index (κ2) is 8.30. The summed E-state index contributed by atoms with van der Waals surface area (Å²) in [6.45, 7) is 2.42. The monoisotopic (exact) mass is 400 g/mol. The molecule has 2 N–H and O–H groups in total. The second-order valence-electron chi connectivity index (χ2n) is 5.69. The van der Waals surface area contributed by atoms with E-state index in [-0.39, 0.29) is 5.69 Å². The molecule has 0 saturated heterocycles. The first-order valence-corrected chi connectivity index (χ1v) is 8.11. The van der Waals surface area contributed by atoms with E-state index in [2.05, 4.69) is 10.6 Å². The predicted octanol–water partition coefficient (Wildman–Crippen LogP) is 4.64. The molecule has 2 amide bonds. The topological polar surface area (TPSA) is 67.4 Å². The molecule has 0 heterocycles. The molecule has 0 aromatic heterocycles. The molecule has 0 aliphatic heterocycles. The van der Waals surface area contributed by atoms with Gasteiger partial charge in [0.2, 0.25) is 5.91 Å². The van der Waals surface area contributed by atoms with Gasteiger partial charge in [0.1, 0.15) is 5.75 Å². The summed E-state index contributed by atoms with van der Waals surface area (Å²) in [5.41, 5.74) is -0.852. The van der Waals surface area contributed by atoms with Crippen molar-refractivity contribution in [3.63, 3.8) is 0 Å². The number of carbonyl (C=O) groups is 2. The Morgan fingerprint density at radius 2 is 1.81 bits per heavy atom. The van der Waals surface area contributed by atoms with Crippen LogP contribution in [-0.2, 0) is 15.8 Å². The molecule has 0 fully saturated rings. The Balaban J connectivity index is 2.13. The molecule has 5 nitrogen and oxygen atoms in total. The third-order valence-corrected chi connectivity index (χ3v) is 3.65. The molecule has 144 valence electrons. The number of hydrogen-bond donors (Lipinski definition) is 2. The summed E-state index contributed by atoms with van der Waals surface area (Å²) < 4.78 is 45.1. The van der Waals surface area contributed by atoms with E-state index < -0.39 is 35.8 Å². The molecule has 0 aliphatic rings. The average molecular weight is 401 g/mol. The highest BCUT2D eigenvalue weighted by molar-refractivity contribution is 6.30. The van der Waals surface area contributed by atoms with Crippen molar-refractivity contribution >= 4 is 34.8 Å². The summed E-state index contributed by atoms with van der Waals surface area (Å²) >= 11 is 5.82. The van der Waals surface area contributed by atoms with Crippen molar-refractivity contribution in [3.05, 3.63) is 52.5 Å². The lowest BCUT2D eigenvalue weighted by molar-refractivity contribution is -0.137. The third-order valence-electron chi connectivity index (χ3n) is 3.42. The van der Waals surface area contributed by atoms with E-state index in [0.717, 1.165) is 12.1 Å². The Labute approximate surface area is 158 Å². The van der Waals surface area contributed by atoms with Gasteiger partial charge >= 0.3 is 6.18 Å². The highest BCUT2D eigenvalue weighted by atomic mass is 35.5. The van der Waals surface area contributed by atoms with Gasteiger partial charge in [0.05, 0.1) is 11.3 Å². The first-order chi connectivity index (χ1) is 12.6. The van der Waals surface area contributed by atoms with Crippen LogP contribution in [0.5, 0.6) is 5.75 Å². The molecule has 2 rings (SSSR count). The third kappa shape index (κ3) is 5.89. The minimum absolute atomic E-state index is 0.0270. The summed E-state index contributed by atoms with van der Waals surface area (Å²) in [6, 6.07) is 7.85. The number of rotatable bonds is 5. The van der Waals surface area contributed by atoms with Crippen LogP contribution in [0.15, 0.2) is 36.4 Å². The molecule has 0 unspecified atom stereocenters. The van der Waals surface area contributed by atoms with Crippen molar-refractivity contribution in [2.24, 2.45) is 0 Å². The number of amides is 2. The maximum atomic E-state index is 13.3. The average Bonchev–Trinajstić information content (AvgIpc) is 2.54. The molecule has 0 aliphatic carbocycles. The number of nitrogens with one attached hydrogen (secondary N) is 2. The standard InChI is InChI=1S/C18H16ClF3N2O3/c1-10-7-12(19)3-6-16(10)27-9-17(26)24-15-5-4-13(23-11(2)25)8-14(15)18(20,21)22/h3-8H,9H2,1-2H3,(H,23,25)(H,24,26). The maximum absolute atomic E-state index is 13.3. The molecule has 0 bridgehead atoms. The zero-order chi connectivity index (χ0) is 20.2. The molecule has 2 aromatic carbocycles. The van der Waals surface area contributed by atoms with Gasteiger partial charge in [0, 0.05) is 17.6 Å². The molecule has 0 spiro atoms. The Morgan fingerprint density at radius 3 is 2.41 bits per heavy atom. The van der Waals surface area contributed by atoms with Crippen LogP contribution in [-0.4, -0.2) is 18.4 Å². The number of hydrogen-bond acceptors (Lipinski definition) is 3. The number of aryl methyl sites for hydroxylation is 1. The summed E-state index contributed by atoms with van der Waals surface area (Å²) in [4.78, 5) is 23.0. The first-order valence-electron chi connectivity index (χ1n) is 7.74. The fourth-order valence-electron chi connectivity index (χ4n) is 2.27. The minimum Gasteiger partial charge on any atom is -0.483 e. The van der Waals surface area contributed by atoms with Crippen LogP contribution in [0.2, 0.25) is 5.02 Å². The van der Waals surface area contributed by atoms with Crippen molar-refractivity contribution in [1.82, 2.24) is 0 Å². The number of alkyl halides is 3. The summed E-state index contributed by atoms with van der Waals surface area (Å²) in [7, 11) is 0. The Bertz CT molecular complexity index is 869. The van der Waals surface area contributed by atoms with Crippen LogP contribution < -0.4 is 15.4 Å².